The Hall–Kier alpha value is -0.570. The van der Waals surface area contributed by atoms with E-state index in [1.807, 2.05) is 0 Å². The molecule has 0 spiro atoms. The normalized spacial score (nSPS) is 17.1. The molecule has 1 amide bonds. The van der Waals surface area contributed by atoms with Crippen LogP contribution in [0.15, 0.2) is 0 Å². The van der Waals surface area contributed by atoms with Gasteiger partial charge in [0.05, 0.1) is 0 Å². The zero-order valence-corrected chi connectivity index (χ0v) is 10.7. The van der Waals surface area contributed by atoms with E-state index in [1.165, 1.54) is 25.7 Å². The Kier molecular flexibility index (Phi) is 6.46. The van der Waals surface area contributed by atoms with E-state index in [2.05, 4.69) is 24.5 Å². The summed E-state index contributed by atoms with van der Waals surface area (Å²) in [6.45, 7) is 6.11. The molecule has 2 N–H and O–H groups in total. The lowest BCUT2D eigenvalue weighted by atomic mass is 10.1. The number of unbranched alkanes of at least 4 members (excludes halogenated alkanes) is 2. The van der Waals surface area contributed by atoms with E-state index in [0.717, 1.165) is 25.9 Å². The molecule has 1 rings (SSSR count). The second-order valence-corrected chi connectivity index (χ2v) is 4.92. The largest absolute Gasteiger partial charge is 0.355 e. The minimum absolute atomic E-state index is 0.250. The van der Waals surface area contributed by atoms with Gasteiger partial charge in [0.2, 0.25) is 5.91 Å². The first-order chi connectivity index (χ1) is 7.74. The van der Waals surface area contributed by atoms with E-state index in [4.69, 9.17) is 0 Å². The summed E-state index contributed by atoms with van der Waals surface area (Å²) in [5.74, 6) is 0.586. The van der Waals surface area contributed by atoms with Crippen LogP contribution in [0.25, 0.3) is 0 Å². The fraction of sp³-hybridized carbons (Fsp3) is 0.923. The van der Waals surface area contributed by atoms with Crippen LogP contribution in [0.5, 0.6) is 0 Å². The van der Waals surface area contributed by atoms with Crippen molar-refractivity contribution in [2.45, 2.75) is 58.4 Å². The third-order valence-corrected chi connectivity index (χ3v) is 3.11. The Balaban J connectivity index is 1.87. The lowest BCUT2D eigenvalue weighted by molar-refractivity contribution is -0.122. The summed E-state index contributed by atoms with van der Waals surface area (Å²) in [5, 5.41) is 6.41. The summed E-state index contributed by atoms with van der Waals surface area (Å²) in [6, 6.07) is 0.573. The maximum Gasteiger partial charge on any atom is 0.223 e. The van der Waals surface area contributed by atoms with Crippen molar-refractivity contribution in [3.05, 3.63) is 0 Å². The smallest absolute Gasteiger partial charge is 0.223 e. The minimum Gasteiger partial charge on any atom is -0.355 e. The molecule has 16 heavy (non-hydrogen) atoms. The molecule has 0 aromatic rings. The molecule has 0 heterocycles. The molecule has 1 aliphatic rings. The fourth-order valence-corrected chi connectivity index (χ4v) is 1.80. The van der Waals surface area contributed by atoms with Gasteiger partial charge in [-0.2, -0.15) is 0 Å². The van der Waals surface area contributed by atoms with Gasteiger partial charge >= 0.3 is 0 Å². The molecule has 0 aliphatic heterocycles. The summed E-state index contributed by atoms with van der Waals surface area (Å²) >= 11 is 0. The molecule has 1 unspecified atom stereocenters. The van der Waals surface area contributed by atoms with Gasteiger partial charge < -0.3 is 10.6 Å². The second-order valence-electron chi connectivity index (χ2n) is 4.92. The van der Waals surface area contributed by atoms with Crippen molar-refractivity contribution in [2.75, 3.05) is 13.1 Å². The molecule has 0 aromatic heterocycles. The number of nitrogens with one attached hydrogen (secondary N) is 2. The molecule has 3 nitrogen and oxygen atoms in total. The van der Waals surface area contributed by atoms with E-state index in [-0.39, 0.29) is 5.91 Å². The van der Waals surface area contributed by atoms with Crippen LogP contribution >= 0.6 is 0 Å². The molecule has 1 atom stereocenters. The zero-order chi connectivity index (χ0) is 11.8. The van der Waals surface area contributed by atoms with Gasteiger partial charge in [-0.15, -0.1) is 0 Å². The lowest BCUT2D eigenvalue weighted by Crippen LogP contribution is -2.36. The Morgan fingerprint density at radius 2 is 2.06 bits per heavy atom. The lowest BCUT2D eigenvalue weighted by Gasteiger charge is -2.13. The molecule has 1 saturated carbocycles. The Bertz CT molecular complexity index is 202. The average Bonchev–Trinajstić information content (AvgIpc) is 3.08. The molecule has 94 valence electrons. The highest BCUT2D eigenvalue weighted by molar-refractivity contribution is 5.80. The van der Waals surface area contributed by atoms with Gasteiger partial charge in [-0.05, 0) is 26.2 Å². The molecule has 0 saturated heterocycles. The van der Waals surface area contributed by atoms with Gasteiger partial charge in [0.15, 0.2) is 0 Å². The van der Waals surface area contributed by atoms with E-state index < -0.39 is 0 Å². The van der Waals surface area contributed by atoms with Gasteiger partial charge in [-0.1, -0.05) is 26.2 Å². The topological polar surface area (TPSA) is 41.1 Å². The summed E-state index contributed by atoms with van der Waals surface area (Å²) in [4.78, 5) is 11.3. The van der Waals surface area contributed by atoms with Crippen molar-refractivity contribution in [1.29, 1.82) is 0 Å². The van der Waals surface area contributed by atoms with Gasteiger partial charge in [0, 0.05) is 25.0 Å². The van der Waals surface area contributed by atoms with Gasteiger partial charge in [-0.25, -0.2) is 0 Å². The summed E-state index contributed by atoms with van der Waals surface area (Å²) in [5.41, 5.74) is 0. The van der Waals surface area contributed by atoms with Crippen molar-refractivity contribution in [1.82, 2.24) is 10.6 Å². The van der Waals surface area contributed by atoms with Crippen LogP contribution in [0.3, 0.4) is 0 Å². The van der Waals surface area contributed by atoms with Crippen molar-refractivity contribution in [3.8, 4) is 0 Å². The fourth-order valence-electron chi connectivity index (χ4n) is 1.80. The molecule has 1 fully saturated rings. The summed E-state index contributed by atoms with van der Waals surface area (Å²) in [7, 11) is 0. The summed E-state index contributed by atoms with van der Waals surface area (Å²) < 4.78 is 0. The molecule has 0 bridgehead atoms. The van der Waals surface area contributed by atoms with Crippen molar-refractivity contribution >= 4 is 5.91 Å². The van der Waals surface area contributed by atoms with Gasteiger partial charge in [0.25, 0.3) is 0 Å². The first kappa shape index (κ1) is 13.5. The number of amides is 1. The minimum atomic E-state index is 0.250. The van der Waals surface area contributed by atoms with E-state index in [9.17, 15) is 4.79 Å². The van der Waals surface area contributed by atoms with Gasteiger partial charge in [0.1, 0.15) is 0 Å². The first-order valence-electron chi connectivity index (χ1n) is 6.75. The SMILES string of the molecule is CCCCCC(C)NCCNC(=O)C1CC1. The summed E-state index contributed by atoms with van der Waals surface area (Å²) in [6.07, 6.45) is 7.33. The third kappa shape index (κ3) is 6.11. The predicted octanol–water partition coefficient (Wildman–Crippen LogP) is 2.07. The second kappa shape index (κ2) is 7.66. The van der Waals surface area contributed by atoms with Crippen LogP contribution in [0.4, 0.5) is 0 Å². The zero-order valence-electron chi connectivity index (χ0n) is 10.7. The first-order valence-corrected chi connectivity index (χ1v) is 6.75. The van der Waals surface area contributed by atoms with Crippen LogP contribution in [0.2, 0.25) is 0 Å². The maximum absolute atomic E-state index is 11.3. The molecule has 1 aliphatic carbocycles. The standard InChI is InChI=1S/C13H26N2O/c1-3-4-5-6-11(2)14-9-10-15-13(16)12-7-8-12/h11-12,14H,3-10H2,1-2H3,(H,15,16). The van der Waals surface area contributed by atoms with Crippen LogP contribution in [-0.4, -0.2) is 25.0 Å². The van der Waals surface area contributed by atoms with E-state index in [1.54, 1.807) is 0 Å². The molecule has 0 aromatic carbocycles. The molecule has 3 heteroatoms. The highest BCUT2D eigenvalue weighted by atomic mass is 16.2. The molecular weight excluding hydrogens is 200 g/mol. The maximum atomic E-state index is 11.3. The quantitative estimate of drug-likeness (QED) is 0.591. The number of hydrogen-bond donors (Lipinski definition) is 2. The predicted molar refractivity (Wildman–Crippen MR) is 67.3 cm³/mol. The van der Waals surface area contributed by atoms with E-state index in [0.29, 0.717) is 12.0 Å². The van der Waals surface area contributed by atoms with Crippen LogP contribution in [-0.2, 0) is 4.79 Å². The van der Waals surface area contributed by atoms with Crippen molar-refractivity contribution < 1.29 is 4.79 Å². The number of carbonyl (C=O) groups is 1. The van der Waals surface area contributed by atoms with E-state index >= 15 is 0 Å². The number of rotatable bonds is 9. The van der Waals surface area contributed by atoms with Crippen molar-refractivity contribution in [2.24, 2.45) is 5.92 Å². The highest BCUT2D eigenvalue weighted by Gasteiger charge is 2.28. The monoisotopic (exact) mass is 226 g/mol. The van der Waals surface area contributed by atoms with Gasteiger partial charge in [-0.3, -0.25) is 4.79 Å². The number of carbonyl (C=O) groups excluding carboxylic acids is 1. The average molecular weight is 226 g/mol. The third-order valence-electron chi connectivity index (χ3n) is 3.11. The molecular formula is C13H26N2O. The Labute approximate surface area is 99.4 Å². The molecule has 0 radical (unpaired) electrons. The Morgan fingerprint density at radius 3 is 2.69 bits per heavy atom. The van der Waals surface area contributed by atoms with Crippen molar-refractivity contribution in [3.63, 3.8) is 0 Å². The van der Waals surface area contributed by atoms with Crippen LogP contribution in [0, 0.1) is 5.92 Å². The van der Waals surface area contributed by atoms with Crippen LogP contribution < -0.4 is 10.6 Å². The highest BCUT2D eigenvalue weighted by Crippen LogP contribution is 2.28. The Morgan fingerprint density at radius 1 is 1.31 bits per heavy atom. The van der Waals surface area contributed by atoms with Crippen LogP contribution in [0.1, 0.15) is 52.4 Å². The number of hydrogen-bond acceptors (Lipinski definition) is 2.